The predicted molar refractivity (Wildman–Crippen MR) is 147 cm³/mol. The van der Waals surface area contributed by atoms with Crippen LogP contribution in [0.1, 0.15) is 42.1 Å². The summed E-state index contributed by atoms with van der Waals surface area (Å²) in [5.74, 6) is 0.173. The van der Waals surface area contributed by atoms with Gasteiger partial charge in [0.05, 0.1) is 0 Å². The Labute approximate surface area is 225 Å². The van der Waals surface area contributed by atoms with Gasteiger partial charge in [-0.15, -0.1) is 0 Å². The Bertz CT molecular complexity index is 1090. The number of hydrogen-bond acceptors (Lipinski definition) is 4. The number of nitrogens with zero attached hydrogens (tertiary/aromatic N) is 4. The van der Waals surface area contributed by atoms with Crippen LogP contribution in [0.15, 0.2) is 48.5 Å². The number of aryl methyl sites for hydroxylation is 1. The van der Waals surface area contributed by atoms with Crippen LogP contribution in [-0.2, 0) is 9.59 Å². The molecule has 4 rings (SSSR count). The zero-order valence-corrected chi connectivity index (χ0v) is 22.6. The number of piperazine rings is 1. The maximum absolute atomic E-state index is 13.6. The fraction of sp³-hybridized carbons (Fsp3) is 0.483. The molecule has 2 aliphatic heterocycles. The Hall–Kier alpha value is -2.90. The zero-order valence-electron chi connectivity index (χ0n) is 21.9. The normalized spacial score (nSPS) is 17.1. The summed E-state index contributed by atoms with van der Waals surface area (Å²) in [7, 11) is 0. The van der Waals surface area contributed by atoms with Crippen LogP contribution < -0.4 is 4.90 Å². The second kappa shape index (κ2) is 12.6. The van der Waals surface area contributed by atoms with Gasteiger partial charge >= 0.3 is 0 Å². The Balaban J connectivity index is 1.33. The van der Waals surface area contributed by atoms with Crippen molar-refractivity contribution in [1.29, 1.82) is 0 Å². The number of carbonyl (C=O) groups is 3. The van der Waals surface area contributed by atoms with Gasteiger partial charge in [0.15, 0.2) is 0 Å². The lowest BCUT2D eigenvalue weighted by molar-refractivity contribution is -0.133. The van der Waals surface area contributed by atoms with Gasteiger partial charge in [0.2, 0.25) is 11.8 Å². The number of benzene rings is 2. The smallest absolute Gasteiger partial charge is 0.253 e. The molecule has 3 amide bonds. The molecule has 37 heavy (non-hydrogen) atoms. The first-order valence-corrected chi connectivity index (χ1v) is 13.6. The van der Waals surface area contributed by atoms with E-state index in [0.29, 0.717) is 50.6 Å². The van der Waals surface area contributed by atoms with Crippen LogP contribution in [0.2, 0.25) is 5.02 Å². The van der Waals surface area contributed by atoms with E-state index in [1.54, 1.807) is 6.92 Å². The molecule has 2 fully saturated rings. The molecule has 0 bridgehead atoms. The first kappa shape index (κ1) is 27.1. The van der Waals surface area contributed by atoms with E-state index in [4.69, 9.17) is 11.6 Å². The van der Waals surface area contributed by atoms with Gasteiger partial charge in [-0.25, -0.2) is 0 Å². The van der Waals surface area contributed by atoms with Crippen LogP contribution in [0.4, 0.5) is 5.69 Å². The third kappa shape index (κ3) is 6.90. The number of likely N-dealkylation sites (tertiary alicyclic amines) is 1. The highest BCUT2D eigenvalue weighted by Gasteiger charge is 2.30. The lowest BCUT2D eigenvalue weighted by atomic mass is 9.94. The van der Waals surface area contributed by atoms with Crippen molar-refractivity contribution in [2.75, 3.05) is 57.3 Å². The van der Waals surface area contributed by atoms with Crippen LogP contribution in [0.5, 0.6) is 0 Å². The number of halogens is 1. The second-order valence-corrected chi connectivity index (χ2v) is 10.5. The molecule has 198 valence electrons. The highest BCUT2D eigenvalue weighted by Crippen LogP contribution is 2.27. The fourth-order valence-electron chi connectivity index (χ4n) is 5.17. The molecule has 0 radical (unpaired) electrons. The van der Waals surface area contributed by atoms with Crippen LogP contribution in [0.25, 0.3) is 0 Å². The quantitative estimate of drug-likeness (QED) is 0.547. The van der Waals surface area contributed by atoms with Crippen molar-refractivity contribution in [1.82, 2.24) is 14.7 Å². The van der Waals surface area contributed by atoms with Crippen molar-refractivity contribution in [2.45, 2.75) is 33.1 Å². The first-order valence-electron chi connectivity index (χ1n) is 13.2. The van der Waals surface area contributed by atoms with Gasteiger partial charge in [0.25, 0.3) is 5.91 Å². The monoisotopic (exact) mass is 524 g/mol. The molecule has 0 aromatic heterocycles. The summed E-state index contributed by atoms with van der Waals surface area (Å²) in [5.41, 5.74) is 2.54. The number of piperidine rings is 1. The molecule has 2 heterocycles. The summed E-state index contributed by atoms with van der Waals surface area (Å²) in [4.78, 5) is 46.1. The number of anilines is 1. The highest BCUT2D eigenvalue weighted by molar-refractivity contribution is 6.31. The Kier molecular flexibility index (Phi) is 9.22. The van der Waals surface area contributed by atoms with Gasteiger partial charge in [-0.3, -0.25) is 19.3 Å². The van der Waals surface area contributed by atoms with Crippen molar-refractivity contribution in [2.24, 2.45) is 5.92 Å². The summed E-state index contributed by atoms with van der Waals surface area (Å²) >= 11 is 6.42. The van der Waals surface area contributed by atoms with Crippen molar-refractivity contribution < 1.29 is 14.4 Å². The molecule has 0 saturated carbocycles. The van der Waals surface area contributed by atoms with Crippen LogP contribution in [-0.4, -0.2) is 84.8 Å². The molecule has 2 aromatic rings. The minimum absolute atomic E-state index is 0.0682. The first-order chi connectivity index (χ1) is 17.8. The molecule has 8 heteroatoms. The van der Waals surface area contributed by atoms with Crippen molar-refractivity contribution in [3.8, 4) is 0 Å². The van der Waals surface area contributed by atoms with E-state index >= 15 is 0 Å². The second-order valence-electron chi connectivity index (χ2n) is 10.1. The van der Waals surface area contributed by atoms with E-state index in [9.17, 15) is 14.4 Å². The molecule has 0 spiro atoms. The lowest BCUT2D eigenvalue weighted by Crippen LogP contribution is -2.49. The summed E-state index contributed by atoms with van der Waals surface area (Å²) in [5, 5.41) is 0.654. The Morgan fingerprint density at radius 2 is 1.59 bits per heavy atom. The summed E-state index contributed by atoms with van der Waals surface area (Å²) in [6.07, 6.45) is 2.20. The molecule has 2 aliphatic rings. The van der Waals surface area contributed by atoms with Crippen LogP contribution in [0, 0.1) is 12.8 Å². The average molecular weight is 525 g/mol. The van der Waals surface area contributed by atoms with Gasteiger partial charge in [-0.05, 0) is 62.6 Å². The van der Waals surface area contributed by atoms with Gasteiger partial charge < -0.3 is 14.7 Å². The number of hydrogen-bond donors (Lipinski definition) is 0. The molecule has 7 nitrogen and oxygen atoms in total. The Morgan fingerprint density at radius 1 is 0.919 bits per heavy atom. The largest absolute Gasteiger partial charge is 0.343 e. The molecular formula is C29H37ClN4O3. The molecule has 0 atom stereocenters. The van der Waals surface area contributed by atoms with Crippen LogP contribution in [0.3, 0.4) is 0 Å². The van der Waals surface area contributed by atoms with Crippen molar-refractivity contribution in [3.05, 3.63) is 64.7 Å². The molecule has 0 N–H and O–H groups in total. The van der Waals surface area contributed by atoms with E-state index in [0.717, 1.165) is 42.9 Å². The third-order valence-corrected chi connectivity index (χ3v) is 7.97. The summed E-state index contributed by atoms with van der Waals surface area (Å²) in [6.45, 7) is 9.32. The fourth-order valence-corrected chi connectivity index (χ4v) is 5.34. The minimum Gasteiger partial charge on any atom is -0.343 e. The molecule has 2 aromatic carbocycles. The van der Waals surface area contributed by atoms with E-state index in [2.05, 4.69) is 4.90 Å². The average Bonchev–Trinajstić information content (AvgIpc) is 2.93. The number of rotatable bonds is 7. The molecular weight excluding hydrogens is 488 g/mol. The molecule has 2 saturated heterocycles. The number of amides is 3. The van der Waals surface area contributed by atoms with Gasteiger partial charge in [-0.2, -0.15) is 0 Å². The molecule has 0 unspecified atom stereocenters. The van der Waals surface area contributed by atoms with Gasteiger partial charge in [-0.1, -0.05) is 35.9 Å². The number of carbonyl (C=O) groups excluding carboxylic acids is 3. The Morgan fingerprint density at radius 3 is 2.22 bits per heavy atom. The zero-order chi connectivity index (χ0) is 26.4. The minimum atomic E-state index is -0.0942. The maximum Gasteiger partial charge on any atom is 0.253 e. The highest BCUT2D eigenvalue weighted by atomic mass is 35.5. The summed E-state index contributed by atoms with van der Waals surface area (Å²) < 4.78 is 0. The third-order valence-electron chi connectivity index (χ3n) is 7.56. The van der Waals surface area contributed by atoms with E-state index < -0.39 is 0 Å². The van der Waals surface area contributed by atoms with Gasteiger partial charge in [0, 0.05) is 74.9 Å². The lowest BCUT2D eigenvalue weighted by Gasteiger charge is -2.36. The standard InChI is InChI=1S/C29H37ClN4O3/c1-22-9-10-26(21-27(22)30)34(29(37)25-11-15-32(16-12-25)23(2)35)14-6-13-31-17-19-33(20-18-31)28(36)24-7-4-3-5-8-24/h3-5,7-10,21,25H,6,11-20H2,1-2H3. The SMILES string of the molecule is CC(=O)N1CCC(C(=O)N(CCCN2CCN(C(=O)c3ccccc3)CC2)c2ccc(C)c(Cl)c2)CC1. The topological polar surface area (TPSA) is 64.2 Å². The maximum atomic E-state index is 13.6. The van der Waals surface area contributed by atoms with E-state index in [1.807, 2.05) is 70.2 Å². The predicted octanol–water partition coefficient (Wildman–Crippen LogP) is 4.09. The molecule has 0 aliphatic carbocycles. The summed E-state index contributed by atoms with van der Waals surface area (Å²) in [6, 6.07) is 15.2. The van der Waals surface area contributed by atoms with Crippen LogP contribution >= 0.6 is 11.6 Å². The van der Waals surface area contributed by atoms with Crippen molar-refractivity contribution in [3.63, 3.8) is 0 Å². The van der Waals surface area contributed by atoms with E-state index in [-0.39, 0.29) is 23.6 Å². The van der Waals surface area contributed by atoms with E-state index in [1.165, 1.54) is 0 Å². The van der Waals surface area contributed by atoms with Gasteiger partial charge in [0.1, 0.15) is 0 Å². The van der Waals surface area contributed by atoms with Crippen molar-refractivity contribution >= 4 is 35.0 Å².